The van der Waals surface area contributed by atoms with Crippen molar-refractivity contribution in [1.82, 2.24) is 4.90 Å². The molecule has 6 heteroatoms. The summed E-state index contributed by atoms with van der Waals surface area (Å²) in [5, 5.41) is 9.65. The predicted molar refractivity (Wildman–Crippen MR) is 114 cm³/mol. The van der Waals surface area contributed by atoms with Gasteiger partial charge in [-0.2, -0.15) is 0 Å². The van der Waals surface area contributed by atoms with Gasteiger partial charge in [-0.25, -0.2) is 4.79 Å². The number of aliphatic carboxylic acids is 1. The average Bonchev–Trinajstić information content (AvgIpc) is 2.92. The lowest BCUT2D eigenvalue weighted by atomic mass is 10.1. The second kappa shape index (κ2) is 14.7. The molecule has 0 spiro atoms. The van der Waals surface area contributed by atoms with Gasteiger partial charge in [-0.05, 0) is 24.6 Å². The number of amides is 1. The summed E-state index contributed by atoms with van der Waals surface area (Å²) in [6.45, 7) is 5.74. The number of carboxylic acids is 1. The van der Waals surface area contributed by atoms with Gasteiger partial charge < -0.3 is 5.11 Å². The topological polar surface area (TPSA) is 70.0 Å². The van der Waals surface area contributed by atoms with Gasteiger partial charge in [0.1, 0.15) is 0 Å². The summed E-state index contributed by atoms with van der Waals surface area (Å²) < 4.78 is 0. The molecule has 0 radical (unpaired) electrons. The summed E-state index contributed by atoms with van der Waals surface area (Å²) in [5.41, 5.74) is 0. The van der Waals surface area contributed by atoms with E-state index in [2.05, 4.69) is 18.8 Å². The van der Waals surface area contributed by atoms with Crippen LogP contribution < -0.4 is 0 Å². The van der Waals surface area contributed by atoms with Crippen LogP contribution in [0.4, 0.5) is 0 Å². The Kier molecular flexibility index (Phi) is 12.9. The maximum atomic E-state index is 12.5. The van der Waals surface area contributed by atoms with E-state index in [1.54, 1.807) is 4.90 Å². The van der Waals surface area contributed by atoms with Crippen LogP contribution in [-0.2, 0) is 9.59 Å². The molecule has 1 aliphatic rings. The van der Waals surface area contributed by atoms with Gasteiger partial charge in [0.15, 0.2) is 5.17 Å². The van der Waals surface area contributed by atoms with Gasteiger partial charge in [0.05, 0.1) is 4.91 Å². The van der Waals surface area contributed by atoms with Crippen LogP contribution in [-0.4, -0.2) is 40.1 Å². The molecule has 1 saturated heterocycles. The third kappa shape index (κ3) is 9.99. The van der Waals surface area contributed by atoms with Crippen molar-refractivity contribution < 1.29 is 14.7 Å². The Morgan fingerprint density at radius 1 is 0.963 bits per heavy atom. The highest BCUT2D eigenvalue weighted by atomic mass is 32.2. The molecule has 1 aliphatic heterocycles. The maximum absolute atomic E-state index is 12.5. The normalized spacial score (nSPS) is 17.4. The summed E-state index contributed by atoms with van der Waals surface area (Å²) >= 11 is 1.21. The molecule has 1 amide bonds. The van der Waals surface area contributed by atoms with E-state index < -0.39 is 5.97 Å². The van der Waals surface area contributed by atoms with Crippen LogP contribution in [0.15, 0.2) is 16.0 Å². The monoisotopic (exact) mass is 396 g/mol. The van der Waals surface area contributed by atoms with Gasteiger partial charge in [0.2, 0.25) is 0 Å². The number of aliphatic imine (C=N–C) groups is 1. The summed E-state index contributed by atoms with van der Waals surface area (Å²) in [7, 11) is 0. The molecule has 154 valence electrons. The van der Waals surface area contributed by atoms with E-state index in [1.807, 2.05) is 0 Å². The Balaban J connectivity index is 2.52. The molecular formula is C21H36N2O3S. The third-order valence-electron chi connectivity index (χ3n) is 4.64. The first-order chi connectivity index (χ1) is 13.1. The average molecular weight is 397 g/mol. The van der Waals surface area contributed by atoms with Crippen molar-refractivity contribution in [2.45, 2.75) is 90.9 Å². The maximum Gasteiger partial charge on any atom is 0.329 e. The third-order valence-corrected chi connectivity index (χ3v) is 5.68. The molecule has 0 atom stereocenters. The van der Waals surface area contributed by atoms with Crippen LogP contribution in [0, 0.1) is 0 Å². The Morgan fingerprint density at radius 3 is 2.11 bits per heavy atom. The van der Waals surface area contributed by atoms with E-state index in [1.165, 1.54) is 63.1 Å². The highest BCUT2D eigenvalue weighted by Gasteiger charge is 2.33. The highest BCUT2D eigenvalue weighted by Crippen LogP contribution is 2.31. The fraction of sp³-hybridized carbons (Fsp3) is 0.762. The molecule has 0 aromatic rings. The first-order valence-electron chi connectivity index (χ1n) is 10.6. The lowest BCUT2D eigenvalue weighted by Gasteiger charge is -2.15. The number of rotatable bonds is 15. The number of nitrogens with zero attached hydrogens (tertiary/aromatic N) is 2. The number of thioether (sulfide) groups is 1. The molecule has 0 saturated carbocycles. The molecule has 0 aliphatic carbocycles. The first kappa shape index (κ1) is 23.7. The van der Waals surface area contributed by atoms with E-state index >= 15 is 0 Å². The number of unbranched alkanes of at least 4 members (excludes halogenated alkanes) is 10. The molecule has 0 unspecified atom stereocenters. The zero-order valence-corrected chi connectivity index (χ0v) is 17.9. The molecule has 1 heterocycles. The molecule has 27 heavy (non-hydrogen) atoms. The Bertz CT molecular complexity index is 518. The molecule has 0 bridgehead atoms. The number of hydrogen-bond acceptors (Lipinski definition) is 4. The molecule has 1 rings (SSSR count). The lowest BCUT2D eigenvalue weighted by Crippen LogP contribution is -2.30. The van der Waals surface area contributed by atoms with Crippen LogP contribution in [0.2, 0.25) is 0 Å². The SMILES string of the molecule is CCCCCCCCN=C1S/C(=C\C(=O)O)C(=O)N1CCCCCCCC. The Labute approximate surface area is 168 Å². The van der Waals surface area contributed by atoms with Crippen molar-refractivity contribution in [1.29, 1.82) is 0 Å². The lowest BCUT2D eigenvalue weighted by molar-refractivity contribution is -0.132. The second-order valence-corrected chi connectivity index (χ2v) is 8.11. The minimum atomic E-state index is -1.08. The fourth-order valence-corrected chi connectivity index (χ4v) is 4.05. The number of amidine groups is 1. The number of carbonyl (C=O) groups is 2. The van der Waals surface area contributed by atoms with E-state index in [-0.39, 0.29) is 10.8 Å². The number of carbonyl (C=O) groups excluding carboxylic acids is 1. The van der Waals surface area contributed by atoms with Gasteiger partial charge in [-0.3, -0.25) is 14.7 Å². The minimum Gasteiger partial charge on any atom is -0.478 e. The van der Waals surface area contributed by atoms with Gasteiger partial charge in [0.25, 0.3) is 5.91 Å². The van der Waals surface area contributed by atoms with Crippen molar-refractivity contribution >= 4 is 28.8 Å². The molecule has 5 nitrogen and oxygen atoms in total. The van der Waals surface area contributed by atoms with Crippen molar-refractivity contribution in [2.24, 2.45) is 4.99 Å². The Morgan fingerprint density at radius 2 is 1.52 bits per heavy atom. The smallest absolute Gasteiger partial charge is 0.329 e. The zero-order valence-electron chi connectivity index (χ0n) is 17.0. The molecule has 0 aromatic heterocycles. The highest BCUT2D eigenvalue weighted by molar-refractivity contribution is 8.18. The zero-order chi connectivity index (χ0) is 19.9. The molecule has 0 aromatic carbocycles. The van der Waals surface area contributed by atoms with E-state index in [9.17, 15) is 9.59 Å². The number of hydrogen-bond donors (Lipinski definition) is 1. The van der Waals surface area contributed by atoms with Gasteiger partial charge in [-0.1, -0.05) is 78.1 Å². The van der Waals surface area contributed by atoms with Crippen molar-refractivity contribution in [3.05, 3.63) is 11.0 Å². The molecular weight excluding hydrogens is 360 g/mol. The van der Waals surface area contributed by atoms with Crippen LogP contribution in [0.25, 0.3) is 0 Å². The largest absolute Gasteiger partial charge is 0.478 e. The summed E-state index contributed by atoms with van der Waals surface area (Å²) in [4.78, 5) is 30.0. The van der Waals surface area contributed by atoms with Gasteiger partial charge in [0, 0.05) is 19.2 Å². The van der Waals surface area contributed by atoms with Crippen LogP contribution in [0.5, 0.6) is 0 Å². The molecule has 1 N–H and O–H groups in total. The summed E-state index contributed by atoms with van der Waals surface area (Å²) in [6.07, 6.45) is 15.2. The van der Waals surface area contributed by atoms with E-state index in [0.29, 0.717) is 18.3 Å². The second-order valence-electron chi connectivity index (χ2n) is 7.11. The van der Waals surface area contributed by atoms with Crippen LogP contribution in [0.3, 0.4) is 0 Å². The van der Waals surface area contributed by atoms with Gasteiger partial charge >= 0.3 is 5.97 Å². The Hall–Kier alpha value is -1.30. The predicted octanol–water partition coefficient (Wildman–Crippen LogP) is 5.61. The van der Waals surface area contributed by atoms with Crippen molar-refractivity contribution in [3.8, 4) is 0 Å². The van der Waals surface area contributed by atoms with E-state index in [4.69, 9.17) is 5.11 Å². The number of carboxylic acid groups (broad SMARTS) is 1. The molecule has 1 fully saturated rings. The standard InChI is InChI=1S/C21H36N2O3S/c1-3-5-7-9-11-13-15-22-21-23(16-14-12-10-8-6-4-2)20(26)18(27-21)17-19(24)25/h17H,3-16H2,1-2H3,(H,24,25)/b18-17-,22-21?. The van der Waals surface area contributed by atoms with Gasteiger partial charge in [-0.15, -0.1) is 0 Å². The van der Waals surface area contributed by atoms with Crippen LogP contribution in [0.1, 0.15) is 90.9 Å². The van der Waals surface area contributed by atoms with Crippen LogP contribution >= 0.6 is 11.8 Å². The van der Waals surface area contributed by atoms with Crippen molar-refractivity contribution in [2.75, 3.05) is 13.1 Å². The fourth-order valence-electron chi connectivity index (χ4n) is 3.05. The van der Waals surface area contributed by atoms with E-state index in [0.717, 1.165) is 31.8 Å². The summed E-state index contributed by atoms with van der Waals surface area (Å²) in [5.74, 6) is -1.29. The first-order valence-corrected chi connectivity index (χ1v) is 11.4. The quantitative estimate of drug-likeness (QED) is 0.289. The minimum absolute atomic E-state index is 0.211. The summed E-state index contributed by atoms with van der Waals surface area (Å²) in [6, 6.07) is 0. The van der Waals surface area contributed by atoms with Crippen molar-refractivity contribution in [3.63, 3.8) is 0 Å².